The van der Waals surface area contributed by atoms with Crippen molar-refractivity contribution in [1.29, 1.82) is 0 Å². The molecule has 2 aromatic rings. The van der Waals surface area contributed by atoms with Gasteiger partial charge in [-0.1, -0.05) is 11.3 Å². The number of aliphatic carboxylic acids is 1. The van der Waals surface area contributed by atoms with Gasteiger partial charge in [0.25, 0.3) is 11.6 Å². The maximum Gasteiger partial charge on any atom is 0.308 e. The molecule has 1 aliphatic rings. The molecular weight excluding hydrogens is 330 g/mol. The van der Waals surface area contributed by atoms with Crippen LogP contribution in [0.25, 0.3) is 5.69 Å². The molecule has 1 fully saturated rings. The summed E-state index contributed by atoms with van der Waals surface area (Å²) in [4.78, 5) is 35.4. The molecule has 130 valence electrons. The van der Waals surface area contributed by atoms with Crippen LogP contribution in [0, 0.1) is 16.0 Å². The Balaban J connectivity index is 1.79. The first-order valence-corrected chi connectivity index (χ1v) is 7.65. The number of nitro groups is 1. The molecule has 1 atom stereocenters. The van der Waals surface area contributed by atoms with Crippen LogP contribution >= 0.6 is 0 Å². The zero-order chi connectivity index (χ0) is 18.0. The van der Waals surface area contributed by atoms with E-state index in [0.29, 0.717) is 25.1 Å². The second-order valence-corrected chi connectivity index (χ2v) is 5.75. The first kappa shape index (κ1) is 16.6. The number of amides is 1. The number of likely N-dealkylation sites (tertiary alicyclic amines) is 1. The third-order valence-corrected chi connectivity index (χ3v) is 4.08. The first-order chi connectivity index (χ1) is 12.0. The number of benzene rings is 1. The van der Waals surface area contributed by atoms with Crippen LogP contribution in [-0.2, 0) is 4.79 Å². The number of nitrogens with zero attached hydrogens (tertiary/aromatic N) is 5. The van der Waals surface area contributed by atoms with Gasteiger partial charge in [0.1, 0.15) is 0 Å². The summed E-state index contributed by atoms with van der Waals surface area (Å²) >= 11 is 0. The number of aromatic nitrogens is 3. The lowest BCUT2D eigenvalue weighted by Crippen LogP contribution is -2.42. The van der Waals surface area contributed by atoms with Gasteiger partial charge in [-0.15, -0.1) is 5.10 Å². The van der Waals surface area contributed by atoms with Crippen molar-refractivity contribution in [1.82, 2.24) is 19.9 Å². The highest BCUT2D eigenvalue weighted by molar-refractivity contribution is 5.92. The molecule has 10 heteroatoms. The molecule has 0 aliphatic carbocycles. The fraction of sp³-hybridized carbons (Fsp3) is 0.333. The number of hydrogen-bond acceptors (Lipinski definition) is 6. The molecule has 1 aromatic carbocycles. The Morgan fingerprint density at radius 1 is 1.36 bits per heavy atom. The van der Waals surface area contributed by atoms with Crippen LogP contribution < -0.4 is 0 Å². The molecule has 1 aliphatic heterocycles. The quantitative estimate of drug-likeness (QED) is 0.648. The van der Waals surface area contributed by atoms with E-state index in [-0.39, 0.29) is 17.9 Å². The van der Waals surface area contributed by atoms with Gasteiger partial charge in [-0.25, -0.2) is 4.68 Å². The fourth-order valence-corrected chi connectivity index (χ4v) is 2.76. The summed E-state index contributed by atoms with van der Waals surface area (Å²) in [6.07, 6.45) is 2.53. The number of non-ortho nitro benzene ring substituents is 1. The number of rotatable bonds is 4. The Hall–Kier alpha value is -3.30. The maximum atomic E-state index is 12.5. The number of nitro benzene ring substituents is 1. The van der Waals surface area contributed by atoms with Gasteiger partial charge in [0.2, 0.25) is 0 Å². The van der Waals surface area contributed by atoms with Gasteiger partial charge in [-0.05, 0) is 18.9 Å². The summed E-state index contributed by atoms with van der Waals surface area (Å²) in [5.41, 5.74) is 0.376. The van der Waals surface area contributed by atoms with E-state index < -0.39 is 22.7 Å². The van der Waals surface area contributed by atoms with E-state index >= 15 is 0 Å². The van der Waals surface area contributed by atoms with Crippen LogP contribution in [-0.4, -0.2) is 54.9 Å². The number of carbonyl (C=O) groups is 2. The van der Waals surface area contributed by atoms with Gasteiger partial charge in [0.05, 0.1) is 22.7 Å². The summed E-state index contributed by atoms with van der Waals surface area (Å²) in [6, 6.07) is 5.80. The van der Waals surface area contributed by atoms with Crippen LogP contribution in [0.3, 0.4) is 0 Å². The van der Waals surface area contributed by atoms with Crippen molar-refractivity contribution in [2.75, 3.05) is 13.1 Å². The van der Waals surface area contributed by atoms with Crippen molar-refractivity contribution in [2.24, 2.45) is 5.92 Å². The first-order valence-electron chi connectivity index (χ1n) is 7.65. The van der Waals surface area contributed by atoms with E-state index in [4.69, 9.17) is 5.11 Å². The molecule has 1 saturated heterocycles. The predicted octanol–water partition coefficient (Wildman–Crippen LogP) is 1.11. The van der Waals surface area contributed by atoms with Gasteiger partial charge in [0.15, 0.2) is 5.69 Å². The minimum atomic E-state index is -0.919. The Bertz CT molecular complexity index is 833. The van der Waals surface area contributed by atoms with Crippen molar-refractivity contribution in [3.63, 3.8) is 0 Å². The average molecular weight is 345 g/mol. The van der Waals surface area contributed by atoms with E-state index in [0.717, 1.165) is 0 Å². The number of carbonyl (C=O) groups excluding carboxylic acids is 1. The predicted molar refractivity (Wildman–Crippen MR) is 84.3 cm³/mol. The molecular formula is C15H15N5O5. The fourth-order valence-electron chi connectivity index (χ4n) is 2.76. The SMILES string of the molecule is O=C(O)[C@H]1CCCN(C(=O)c2cn(-c3cccc([N+](=O)[O-])c3)nn2)C1. The summed E-state index contributed by atoms with van der Waals surface area (Å²) in [5.74, 6) is -1.90. The molecule has 0 bridgehead atoms. The van der Waals surface area contributed by atoms with Gasteiger partial charge in [-0.3, -0.25) is 19.7 Å². The summed E-state index contributed by atoms with van der Waals surface area (Å²) in [6.45, 7) is 0.601. The van der Waals surface area contributed by atoms with Gasteiger partial charge in [-0.2, -0.15) is 0 Å². The van der Waals surface area contributed by atoms with Crippen LogP contribution in [0.5, 0.6) is 0 Å². The molecule has 0 saturated carbocycles. The van der Waals surface area contributed by atoms with E-state index in [1.165, 1.54) is 34.0 Å². The average Bonchev–Trinajstić information content (AvgIpc) is 3.11. The Labute approximate surface area is 141 Å². The summed E-state index contributed by atoms with van der Waals surface area (Å²) < 4.78 is 1.28. The van der Waals surface area contributed by atoms with E-state index in [9.17, 15) is 19.7 Å². The lowest BCUT2D eigenvalue weighted by Gasteiger charge is -2.29. The Kier molecular flexibility index (Phi) is 4.42. The zero-order valence-electron chi connectivity index (χ0n) is 13.1. The Morgan fingerprint density at radius 2 is 2.16 bits per heavy atom. The zero-order valence-corrected chi connectivity index (χ0v) is 13.1. The number of piperidine rings is 1. The second kappa shape index (κ2) is 6.67. The van der Waals surface area contributed by atoms with Gasteiger partial charge >= 0.3 is 5.97 Å². The highest BCUT2D eigenvalue weighted by atomic mass is 16.6. The van der Waals surface area contributed by atoms with Crippen LogP contribution in [0.2, 0.25) is 0 Å². The van der Waals surface area contributed by atoms with E-state index in [1.54, 1.807) is 6.07 Å². The molecule has 2 heterocycles. The largest absolute Gasteiger partial charge is 0.481 e. The molecule has 0 radical (unpaired) electrons. The number of hydrogen-bond donors (Lipinski definition) is 1. The standard InChI is InChI=1S/C15H15N5O5/c21-14(18-6-2-3-10(8-18)15(22)23)13-9-19(17-16-13)11-4-1-5-12(7-11)20(24)25/h1,4-5,7,9-10H,2-3,6,8H2,(H,22,23)/t10-/m0/s1. The van der Waals surface area contributed by atoms with Crippen molar-refractivity contribution >= 4 is 17.6 Å². The third-order valence-electron chi connectivity index (χ3n) is 4.08. The van der Waals surface area contributed by atoms with Crippen LogP contribution in [0.4, 0.5) is 5.69 Å². The topological polar surface area (TPSA) is 131 Å². The molecule has 1 amide bonds. The molecule has 1 N–H and O–H groups in total. The van der Waals surface area contributed by atoms with Crippen LogP contribution in [0.15, 0.2) is 30.5 Å². The van der Waals surface area contributed by atoms with Crippen molar-refractivity contribution < 1.29 is 19.6 Å². The summed E-state index contributed by atoms with van der Waals surface area (Å²) in [7, 11) is 0. The number of carboxylic acids is 1. The van der Waals surface area contributed by atoms with Crippen LogP contribution in [0.1, 0.15) is 23.3 Å². The smallest absolute Gasteiger partial charge is 0.308 e. The lowest BCUT2D eigenvalue weighted by atomic mass is 9.98. The minimum absolute atomic E-state index is 0.0672. The van der Waals surface area contributed by atoms with Gasteiger partial charge in [0, 0.05) is 25.2 Å². The molecule has 0 spiro atoms. The molecule has 1 aromatic heterocycles. The number of carboxylic acid groups (broad SMARTS) is 1. The van der Waals surface area contributed by atoms with E-state index in [1.807, 2.05) is 0 Å². The minimum Gasteiger partial charge on any atom is -0.481 e. The maximum absolute atomic E-state index is 12.5. The highest BCUT2D eigenvalue weighted by Gasteiger charge is 2.29. The highest BCUT2D eigenvalue weighted by Crippen LogP contribution is 2.19. The Morgan fingerprint density at radius 3 is 2.88 bits per heavy atom. The van der Waals surface area contributed by atoms with Crippen molar-refractivity contribution in [3.05, 3.63) is 46.3 Å². The third kappa shape index (κ3) is 3.47. The van der Waals surface area contributed by atoms with Gasteiger partial charge < -0.3 is 10.0 Å². The lowest BCUT2D eigenvalue weighted by molar-refractivity contribution is -0.384. The van der Waals surface area contributed by atoms with Crippen molar-refractivity contribution in [3.8, 4) is 5.69 Å². The molecule has 25 heavy (non-hydrogen) atoms. The molecule has 10 nitrogen and oxygen atoms in total. The normalized spacial score (nSPS) is 17.3. The van der Waals surface area contributed by atoms with Crippen molar-refractivity contribution in [2.45, 2.75) is 12.8 Å². The van der Waals surface area contributed by atoms with E-state index in [2.05, 4.69) is 10.3 Å². The molecule has 0 unspecified atom stereocenters. The summed E-state index contributed by atoms with van der Waals surface area (Å²) in [5, 5.41) is 27.6. The second-order valence-electron chi connectivity index (χ2n) is 5.75. The molecule has 3 rings (SSSR count). The monoisotopic (exact) mass is 345 g/mol.